The summed E-state index contributed by atoms with van der Waals surface area (Å²) >= 11 is 0. The standard InChI is InChI=1S/C13H17N5O/c1-9-7-18(8-10(6-14)19-9)13-15-11-4-2-3-5-12(11)16-17-13/h2-5,9-10H,6-8,14H2,1H3. The van der Waals surface area contributed by atoms with Crippen LogP contribution in [0.15, 0.2) is 24.3 Å². The van der Waals surface area contributed by atoms with E-state index in [-0.39, 0.29) is 12.2 Å². The number of morpholine rings is 1. The number of rotatable bonds is 2. The van der Waals surface area contributed by atoms with Crippen LogP contribution in [0.1, 0.15) is 6.92 Å². The third kappa shape index (κ3) is 2.50. The highest BCUT2D eigenvalue weighted by Crippen LogP contribution is 2.17. The summed E-state index contributed by atoms with van der Waals surface area (Å²) in [5.74, 6) is 0.646. The lowest BCUT2D eigenvalue weighted by atomic mass is 10.2. The van der Waals surface area contributed by atoms with Crippen LogP contribution in [0.4, 0.5) is 5.95 Å². The molecule has 0 spiro atoms. The van der Waals surface area contributed by atoms with E-state index in [0.29, 0.717) is 19.0 Å². The van der Waals surface area contributed by atoms with Gasteiger partial charge in [0, 0.05) is 19.6 Å². The topological polar surface area (TPSA) is 77.2 Å². The molecule has 2 aromatic rings. The number of nitrogens with two attached hydrogens (primary N) is 1. The monoisotopic (exact) mass is 259 g/mol. The Kier molecular flexibility index (Phi) is 3.27. The molecule has 0 radical (unpaired) electrons. The van der Waals surface area contributed by atoms with Gasteiger partial charge in [0.2, 0.25) is 5.95 Å². The van der Waals surface area contributed by atoms with Gasteiger partial charge in [0.05, 0.1) is 17.7 Å². The molecule has 2 N–H and O–H groups in total. The molecule has 0 aliphatic carbocycles. The van der Waals surface area contributed by atoms with Gasteiger partial charge in [-0.2, -0.15) is 0 Å². The molecule has 6 nitrogen and oxygen atoms in total. The van der Waals surface area contributed by atoms with Gasteiger partial charge in [0.1, 0.15) is 5.52 Å². The zero-order valence-corrected chi connectivity index (χ0v) is 10.9. The van der Waals surface area contributed by atoms with E-state index >= 15 is 0 Å². The number of para-hydroxylation sites is 1. The van der Waals surface area contributed by atoms with Crippen molar-refractivity contribution in [2.24, 2.45) is 5.73 Å². The Morgan fingerprint density at radius 3 is 2.84 bits per heavy atom. The fraction of sp³-hybridized carbons (Fsp3) is 0.462. The molecule has 19 heavy (non-hydrogen) atoms. The van der Waals surface area contributed by atoms with E-state index in [1.165, 1.54) is 0 Å². The molecule has 0 amide bonds. The van der Waals surface area contributed by atoms with Crippen molar-refractivity contribution in [2.75, 3.05) is 24.5 Å². The molecular formula is C13H17N5O. The number of nitrogens with zero attached hydrogens (tertiary/aromatic N) is 4. The third-order valence-electron chi connectivity index (χ3n) is 3.22. The second kappa shape index (κ2) is 5.07. The van der Waals surface area contributed by atoms with Gasteiger partial charge in [-0.05, 0) is 19.1 Å². The molecule has 1 aliphatic rings. The number of fused-ring (bicyclic) bond motifs is 1. The second-order valence-corrected chi connectivity index (χ2v) is 4.81. The summed E-state index contributed by atoms with van der Waals surface area (Å²) in [4.78, 5) is 6.65. The minimum atomic E-state index is 0.0267. The van der Waals surface area contributed by atoms with Crippen molar-refractivity contribution in [3.05, 3.63) is 24.3 Å². The SMILES string of the molecule is CC1CN(c2nnc3ccccc3n2)CC(CN)O1. The molecule has 3 rings (SSSR count). The molecule has 1 aromatic heterocycles. The maximum absolute atomic E-state index is 5.73. The van der Waals surface area contributed by atoms with Crippen molar-refractivity contribution in [2.45, 2.75) is 19.1 Å². The molecule has 1 saturated heterocycles. The van der Waals surface area contributed by atoms with E-state index < -0.39 is 0 Å². The minimum Gasteiger partial charge on any atom is -0.370 e. The molecule has 0 saturated carbocycles. The van der Waals surface area contributed by atoms with E-state index in [2.05, 4.69) is 20.1 Å². The molecule has 2 atom stereocenters. The van der Waals surface area contributed by atoms with Crippen LogP contribution < -0.4 is 10.6 Å². The third-order valence-corrected chi connectivity index (χ3v) is 3.22. The fourth-order valence-corrected chi connectivity index (χ4v) is 2.34. The molecule has 2 heterocycles. The maximum atomic E-state index is 5.73. The van der Waals surface area contributed by atoms with Crippen LogP contribution in [0, 0.1) is 0 Å². The van der Waals surface area contributed by atoms with Gasteiger partial charge < -0.3 is 15.4 Å². The highest BCUT2D eigenvalue weighted by atomic mass is 16.5. The van der Waals surface area contributed by atoms with Crippen LogP contribution in [0.2, 0.25) is 0 Å². The van der Waals surface area contributed by atoms with Crippen LogP contribution in [0.25, 0.3) is 11.0 Å². The van der Waals surface area contributed by atoms with Gasteiger partial charge in [0.15, 0.2) is 0 Å². The largest absolute Gasteiger partial charge is 0.370 e. The summed E-state index contributed by atoms with van der Waals surface area (Å²) in [6.07, 6.45) is 0.149. The van der Waals surface area contributed by atoms with Crippen molar-refractivity contribution in [3.63, 3.8) is 0 Å². The highest BCUT2D eigenvalue weighted by molar-refractivity contribution is 5.74. The summed E-state index contributed by atoms with van der Waals surface area (Å²) in [5, 5.41) is 8.41. The van der Waals surface area contributed by atoms with Crippen molar-refractivity contribution in [1.29, 1.82) is 0 Å². The van der Waals surface area contributed by atoms with E-state index in [0.717, 1.165) is 17.6 Å². The zero-order valence-electron chi connectivity index (χ0n) is 10.9. The summed E-state index contributed by atoms with van der Waals surface area (Å²) in [5.41, 5.74) is 7.35. The first kappa shape index (κ1) is 12.3. The molecule has 6 heteroatoms. The average Bonchev–Trinajstić information content (AvgIpc) is 2.46. The van der Waals surface area contributed by atoms with E-state index in [1.807, 2.05) is 31.2 Å². The maximum Gasteiger partial charge on any atom is 0.246 e. The van der Waals surface area contributed by atoms with Crippen LogP contribution in [0.3, 0.4) is 0 Å². The number of benzene rings is 1. The Morgan fingerprint density at radius 2 is 2.05 bits per heavy atom. The first-order valence-corrected chi connectivity index (χ1v) is 6.46. The number of ether oxygens (including phenoxy) is 1. The lowest BCUT2D eigenvalue weighted by Crippen LogP contribution is -2.50. The zero-order chi connectivity index (χ0) is 13.2. The first-order valence-electron chi connectivity index (χ1n) is 6.46. The molecule has 2 unspecified atom stereocenters. The van der Waals surface area contributed by atoms with Crippen LogP contribution in [0.5, 0.6) is 0 Å². The van der Waals surface area contributed by atoms with Crippen molar-refractivity contribution >= 4 is 17.0 Å². The van der Waals surface area contributed by atoms with Crippen molar-refractivity contribution in [3.8, 4) is 0 Å². The van der Waals surface area contributed by atoms with Gasteiger partial charge in [-0.1, -0.05) is 12.1 Å². The first-order chi connectivity index (χ1) is 9.26. The van der Waals surface area contributed by atoms with Crippen LogP contribution >= 0.6 is 0 Å². The molecule has 100 valence electrons. The molecular weight excluding hydrogens is 242 g/mol. The number of aromatic nitrogens is 3. The normalized spacial score (nSPS) is 23.8. The summed E-state index contributed by atoms with van der Waals surface area (Å²) in [6, 6.07) is 7.73. The summed E-state index contributed by atoms with van der Waals surface area (Å²) in [7, 11) is 0. The lowest BCUT2D eigenvalue weighted by Gasteiger charge is -2.36. The van der Waals surface area contributed by atoms with Gasteiger partial charge in [-0.15, -0.1) is 10.2 Å². The Balaban J connectivity index is 1.90. The Hall–Kier alpha value is -1.79. The van der Waals surface area contributed by atoms with Crippen molar-refractivity contribution < 1.29 is 4.74 Å². The minimum absolute atomic E-state index is 0.0267. The molecule has 1 aliphatic heterocycles. The Labute approximate surface area is 111 Å². The van der Waals surface area contributed by atoms with Gasteiger partial charge >= 0.3 is 0 Å². The van der Waals surface area contributed by atoms with Crippen LogP contribution in [-0.4, -0.2) is 47.0 Å². The lowest BCUT2D eigenvalue weighted by molar-refractivity contribution is -0.0109. The summed E-state index contributed by atoms with van der Waals surface area (Å²) < 4.78 is 5.73. The molecule has 0 bridgehead atoms. The Morgan fingerprint density at radius 1 is 1.26 bits per heavy atom. The van der Waals surface area contributed by atoms with E-state index in [4.69, 9.17) is 10.5 Å². The number of anilines is 1. The quantitative estimate of drug-likeness (QED) is 0.850. The smallest absolute Gasteiger partial charge is 0.246 e. The van der Waals surface area contributed by atoms with Gasteiger partial charge in [-0.3, -0.25) is 0 Å². The van der Waals surface area contributed by atoms with Crippen LogP contribution in [-0.2, 0) is 4.74 Å². The van der Waals surface area contributed by atoms with E-state index in [9.17, 15) is 0 Å². The number of hydrogen-bond acceptors (Lipinski definition) is 6. The van der Waals surface area contributed by atoms with Gasteiger partial charge in [-0.25, -0.2) is 4.98 Å². The molecule has 1 fully saturated rings. The molecule has 1 aromatic carbocycles. The average molecular weight is 259 g/mol. The predicted molar refractivity (Wildman–Crippen MR) is 72.9 cm³/mol. The summed E-state index contributed by atoms with van der Waals surface area (Å²) in [6.45, 7) is 4.00. The van der Waals surface area contributed by atoms with Crippen molar-refractivity contribution in [1.82, 2.24) is 15.2 Å². The Bertz CT molecular complexity index is 576. The number of hydrogen-bond donors (Lipinski definition) is 1. The van der Waals surface area contributed by atoms with E-state index in [1.54, 1.807) is 0 Å². The second-order valence-electron chi connectivity index (χ2n) is 4.81. The highest BCUT2D eigenvalue weighted by Gasteiger charge is 2.26. The fourth-order valence-electron chi connectivity index (χ4n) is 2.34. The van der Waals surface area contributed by atoms with Gasteiger partial charge in [0.25, 0.3) is 0 Å². The predicted octanol–water partition coefficient (Wildman–Crippen LogP) is 0.577.